The van der Waals surface area contributed by atoms with Gasteiger partial charge in [-0.05, 0) is 30.3 Å². The molecule has 0 atom stereocenters. The average Bonchev–Trinajstić information content (AvgIpc) is 3.54. The highest BCUT2D eigenvalue weighted by Crippen LogP contribution is 2.31. The summed E-state index contributed by atoms with van der Waals surface area (Å²) >= 11 is 0. The number of benzene rings is 2. The molecule has 6 rings (SSSR count). The van der Waals surface area contributed by atoms with Gasteiger partial charge in [0, 0.05) is 41.0 Å². The minimum absolute atomic E-state index is 0.0516. The van der Waals surface area contributed by atoms with Crippen LogP contribution in [0.15, 0.2) is 48.7 Å². The first-order chi connectivity index (χ1) is 17.2. The smallest absolute Gasteiger partial charge is 0.238 e. The van der Waals surface area contributed by atoms with E-state index in [2.05, 4.69) is 25.7 Å². The van der Waals surface area contributed by atoms with E-state index in [0.717, 1.165) is 46.5 Å². The van der Waals surface area contributed by atoms with E-state index in [1.165, 1.54) is 0 Å². The number of hydrogen-bond donors (Lipinski definition) is 3. The molecule has 2 aliphatic rings. The number of aromatic nitrogens is 4. The van der Waals surface area contributed by atoms with Crippen LogP contribution in [0.2, 0.25) is 0 Å². The molecule has 0 unspecified atom stereocenters. The normalized spacial score (nSPS) is 15.8. The molecular weight excluding hydrogens is 446 g/mol. The monoisotopic (exact) mass is 471 g/mol. The minimum atomic E-state index is -0.0516. The third-order valence-electron chi connectivity index (χ3n) is 6.16. The average molecular weight is 472 g/mol. The molecule has 4 heterocycles. The molecular formula is C25H25N7O3. The lowest BCUT2D eigenvalue weighted by molar-refractivity contribution is -0.118. The summed E-state index contributed by atoms with van der Waals surface area (Å²) in [6, 6.07) is 13.6. The zero-order valence-corrected chi connectivity index (χ0v) is 19.1. The molecule has 3 N–H and O–H groups in total. The van der Waals surface area contributed by atoms with Crippen molar-refractivity contribution >= 4 is 34.0 Å². The quantitative estimate of drug-likeness (QED) is 0.393. The zero-order chi connectivity index (χ0) is 23.6. The van der Waals surface area contributed by atoms with Crippen molar-refractivity contribution in [3.63, 3.8) is 0 Å². The number of carbonyl (C=O) groups is 1. The van der Waals surface area contributed by atoms with Gasteiger partial charge in [-0.25, -0.2) is 9.97 Å². The number of H-pyrrole nitrogens is 1. The molecule has 0 radical (unpaired) electrons. The number of anilines is 3. The number of morpholine rings is 1. The Balaban J connectivity index is 1.24. The molecule has 178 valence electrons. The maximum absolute atomic E-state index is 12.6. The van der Waals surface area contributed by atoms with Gasteiger partial charge in [0.2, 0.25) is 5.91 Å². The molecule has 2 aromatic carbocycles. The number of aromatic amines is 1. The van der Waals surface area contributed by atoms with Gasteiger partial charge < -0.3 is 20.1 Å². The van der Waals surface area contributed by atoms with Crippen molar-refractivity contribution in [2.24, 2.45) is 0 Å². The third kappa shape index (κ3) is 4.72. The highest BCUT2D eigenvalue weighted by atomic mass is 16.5. The lowest BCUT2D eigenvalue weighted by Crippen LogP contribution is -2.41. The Bertz CT molecular complexity index is 1380. The fourth-order valence-corrected chi connectivity index (χ4v) is 4.34. The van der Waals surface area contributed by atoms with Gasteiger partial charge in [-0.15, -0.1) is 0 Å². The number of carbonyl (C=O) groups excluding carboxylic acids is 1. The second-order valence-electron chi connectivity index (χ2n) is 8.63. The van der Waals surface area contributed by atoms with Crippen LogP contribution in [0.5, 0.6) is 0 Å². The second-order valence-corrected chi connectivity index (χ2v) is 8.63. The Kier molecular flexibility index (Phi) is 5.83. The van der Waals surface area contributed by atoms with Gasteiger partial charge in [-0.2, -0.15) is 5.10 Å². The topological polar surface area (TPSA) is 117 Å². The minimum Gasteiger partial charge on any atom is -0.379 e. The number of hydrogen-bond acceptors (Lipinski definition) is 8. The molecule has 1 fully saturated rings. The van der Waals surface area contributed by atoms with E-state index in [1.807, 2.05) is 42.5 Å². The van der Waals surface area contributed by atoms with Crippen LogP contribution in [-0.4, -0.2) is 63.8 Å². The van der Waals surface area contributed by atoms with Gasteiger partial charge in [-0.1, -0.05) is 12.1 Å². The number of ether oxygens (including phenoxy) is 2. The van der Waals surface area contributed by atoms with Crippen LogP contribution in [0, 0.1) is 0 Å². The molecule has 0 bridgehead atoms. The number of nitrogens with one attached hydrogen (secondary N) is 3. The molecule has 0 aliphatic carbocycles. The molecule has 0 spiro atoms. The molecule has 0 saturated carbocycles. The fourth-order valence-electron chi connectivity index (χ4n) is 4.34. The van der Waals surface area contributed by atoms with Crippen molar-refractivity contribution in [3.8, 4) is 11.4 Å². The van der Waals surface area contributed by atoms with Gasteiger partial charge in [0.15, 0.2) is 5.82 Å². The van der Waals surface area contributed by atoms with Crippen LogP contribution in [-0.2, 0) is 27.5 Å². The fraction of sp³-hybridized carbons (Fsp3) is 0.280. The molecule has 4 aromatic rings. The molecule has 1 saturated heterocycles. The number of fused-ring (bicyclic) bond motifs is 2. The molecule has 2 aromatic heterocycles. The van der Waals surface area contributed by atoms with Crippen LogP contribution in [0.3, 0.4) is 0 Å². The number of rotatable bonds is 6. The van der Waals surface area contributed by atoms with Crippen LogP contribution in [0.1, 0.15) is 11.3 Å². The molecule has 10 nitrogen and oxygen atoms in total. The first kappa shape index (κ1) is 21.7. The van der Waals surface area contributed by atoms with Crippen LogP contribution < -0.4 is 10.6 Å². The van der Waals surface area contributed by atoms with Gasteiger partial charge in [0.1, 0.15) is 5.82 Å². The first-order valence-corrected chi connectivity index (χ1v) is 11.6. The summed E-state index contributed by atoms with van der Waals surface area (Å²) in [5.41, 5.74) is 5.22. The Hall–Kier alpha value is -3.86. The van der Waals surface area contributed by atoms with Crippen molar-refractivity contribution in [1.29, 1.82) is 0 Å². The second kappa shape index (κ2) is 9.41. The van der Waals surface area contributed by atoms with Crippen molar-refractivity contribution < 1.29 is 14.3 Å². The SMILES string of the molecule is O=C(CN1CCOCC1)Nc1cccc(-c2nc3c(c(Nc4ccc5[nH]ncc5c4)n2)COC3)c1. The summed E-state index contributed by atoms with van der Waals surface area (Å²) in [7, 11) is 0. The van der Waals surface area contributed by atoms with Gasteiger partial charge >= 0.3 is 0 Å². The van der Waals surface area contributed by atoms with E-state index in [0.29, 0.717) is 50.3 Å². The van der Waals surface area contributed by atoms with Crippen molar-refractivity contribution in [2.45, 2.75) is 13.2 Å². The lowest BCUT2D eigenvalue weighted by Gasteiger charge is -2.25. The first-order valence-electron chi connectivity index (χ1n) is 11.6. The summed E-state index contributed by atoms with van der Waals surface area (Å²) in [5.74, 6) is 1.24. The van der Waals surface area contributed by atoms with Crippen LogP contribution in [0.25, 0.3) is 22.3 Å². The highest BCUT2D eigenvalue weighted by molar-refractivity contribution is 5.93. The van der Waals surface area contributed by atoms with E-state index in [9.17, 15) is 4.79 Å². The largest absolute Gasteiger partial charge is 0.379 e. The van der Waals surface area contributed by atoms with E-state index in [1.54, 1.807) is 6.20 Å². The van der Waals surface area contributed by atoms with Gasteiger partial charge in [0.25, 0.3) is 0 Å². The zero-order valence-electron chi connectivity index (χ0n) is 19.1. The summed E-state index contributed by atoms with van der Waals surface area (Å²) in [6.07, 6.45) is 1.79. The summed E-state index contributed by atoms with van der Waals surface area (Å²) in [4.78, 5) is 24.2. The number of nitrogens with zero attached hydrogens (tertiary/aromatic N) is 4. The predicted molar refractivity (Wildman–Crippen MR) is 131 cm³/mol. The molecule has 10 heteroatoms. The maximum Gasteiger partial charge on any atom is 0.238 e. The van der Waals surface area contributed by atoms with E-state index >= 15 is 0 Å². The summed E-state index contributed by atoms with van der Waals surface area (Å²) in [6.45, 7) is 4.10. The summed E-state index contributed by atoms with van der Waals surface area (Å²) in [5, 5.41) is 14.5. The Labute approximate surface area is 201 Å². The van der Waals surface area contributed by atoms with Gasteiger partial charge in [-0.3, -0.25) is 14.8 Å². The van der Waals surface area contributed by atoms with Crippen molar-refractivity contribution in [1.82, 2.24) is 25.1 Å². The summed E-state index contributed by atoms with van der Waals surface area (Å²) < 4.78 is 11.0. The number of amides is 1. The Morgan fingerprint density at radius 2 is 1.94 bits per heavy atom. The molecule has 1 amide bonds. The Morgan fingerprint density at radius 1 is 1.03 bits per heavy atom. The molecule has 2 aliphatic heterocycles. The highest BCUT2D eigenvalue weighted by Gasteiger charge is 2.21. The predicted octanol–water partition coefficient (Wildman–Crippen LogP) is 3.06. The van der Waals surface area contributed by atoms with E-state index in [4.69, 9.17) is 19.4 Å². The maximum atomic E-state index is 12.6. The lowest BCUT2D eigenvalue weighted by atomic mass is 10.1. The third-order valence-corrected chi connectivity index (χ3v) is 6.16. The van der Waals surface area contributed by atoms with Gasteiger partial charge in [0.05, 0.1) is 50.4 Å². The standard InChI is InChI=1S/C25H25N7O3/c33-23(13-32-6-8-34-9-7-32)27-18-3-1-2-16(10-18)24-29-22-15-35-14-20(22)25(30-24)28-19-4-5-21-17(11-19)12-26-31-21/h1-5,10-12H,6-9,13-15H2,(H,26,31)(H,27,33)(H,28,29,30). The van der Waals surface area contributed by atoms with E-state index in [-0.39, 0.29) is 5.91 Å². The van der Waals surface area contributed by atoms with Crippen molar-refractivity contribution in [3.05, 3.63) is 59.9 Å². The Morgan fingerprint density at radius 3 is 2.86 bits per heavy atom. The van der Waals surface area contributed by atoms with Crippen LogP contribution >= 0.6 is 0 Å². The molecule has 35 heavy (non-hydrogen) atoms. The van der Waals surface area contributed by atoms with Crippen LogP contribution in [0.4, 0.5) is 17.2 Å². The van der Waals surface area contributed by atoms with E-state index < -0.39 is 0 Å². The van der Waals surface area contributed by atoms with Crippen molar-refractivity contribution in [2.75, 3.05) is 43.5 Å².